The average molecular weight is 128 g/mol. The van der Waals surface area contributed by atoms with Crippen LogP contribution in [-0.4, -0.2) is 11.2 Å². The molecule has 1 unspecified atom stereocenters. The molecule has 1 nitrogen and oxygen atoms in total. The Morgan fingerprint density at radius 3 is 2.33 bits per heavy atom. The van der Waals surface area contributed by atoms with Crippen LogP contribution in [0.5, 0.6) is 0 Å². The van der Waals surface area contributed by atoms with Crippen molar-refractivity contribution < 1.29 is 5.11 Å². The Bertz CT molecular complexity index is 90.6. The Morgan fingerprint density at radius 1 is 1.22 bits per heavy atom. The first kappa shape index (κ1) is 7.07. The number of rotatable bonds is 0. The van der Waals surface area contributed by atoms with E-state index in [4.69, 9.17) is 0 Å². The maximum Gasteiger partial charge on any atom is 0.0566 e. The molecule has 3 atom stereocenters. The highest BCUT2D eigenvalue weighted by molar-refractivity contribution is 4.74. The summed E-state index contributed by atoms with van der Waals surface area (Å²) in [6, 6.07) is 0. The summed E-state index contributed by atoms with van der Waals surface area (Å²) in [5, 5.41) is 9.30. The molecule has 0 aromatic heterocycles. The first-order valence-corrected chi connectivity index (χ1v) is 3.88. The molecule has 54 valence electrons. The fraction of sp³-hybridized carbons (Fsp3) is 1.00. The van der Waals surface area contributed by atoms with Gasteiger partial charge in [-0.05, 0) is 31.1 Å². The van der Waals surface area contributed by atoms with Crippen LogP contribution < -0.4 is 0 Å². The van der Waals surface area contributed by atoms with E-state index in [-0.39, 0.29) is 6.10 Å². The van der Waals surface area contributed by atoms with Gasteiger partial charge >= 0.3 is 0 Å². The van der Waals surface area contributed by atoms with E-state index in [9.17, 15) is 5.11 Å². The van der Waals surface area contributed by atoms with Gasteiger partial charge in [-0.15, -0.1) is 0 Å². The topological polar surface area (TPSA) is 20.2 Å². The standard InChI is InChI=1S/C8H16O/c1-6-3-4-8(9)7(2)5-6/h6-9H,3-5H2,1-2H3/t6?,7-,8-/m0/s1. The smallest absolute Gasteiger partial charge is 0.0566 e. The van der Waals surface area contributed by atoms with Crippen LogP contribution in [0.15, 0.2) is 0 Å². The highest BCUT2D eigenvalue weighted by Gasteiger charge is 2.22. The summed E-state index contributed by atoms with van der Waals surface area (Å²) in [6.45, 7) is 4.41. The average Bonchev–Trinajstić information content (AvgIpc) is 1.80. The van der Waals surface area contributed by atoms with E-state index in [1.807, 2.05) is 0 Å². The number of hydrogen-bond acceptors (Lipinski definition) is 1. The van der Waals surface area contributed by atoms with E-state index < -0.39 is 0 Å². The van der Waals surface area contributed by atoms with Crippen molar-refractivity contribution in [1.29, 1.82) is 0 Å². The summed E-state index contributed by atoms with van der Waals surface area (Å²) in [5.74, 6) is 1.37. The molecule has 0 aromatic carbocycles. The largest absolute Gasteiger partial charge is 0.393 e. The fourth-order valence-corrected chi connectivity index (χ4v) is 1.65. The molecule has 0 saturated heterocycles. The molecular formula is C8H16O. The van der Waals surface area contributed by atoms with Crippen molar-refractivity contribution in [2.75, 3.05) is 0 Å². The van der Waals surface area contributed by atoms with Gasteiger partial charge < -0.3 is 5.11 Å². The highest BCUT2D eigenvalue weighted by Crippen LogP contribution is 2.28. The first-order chi connectivity index (χ1) is 4.20. The molecule has 0 spiro atoms. The van der Waals surface area contributed by atoms with Crippen molar-refractivity contribution in [3.05, 3.63) is 0 Å². The van der Waals surface area contributed by atoms with Crippen molar-refractivity contribution in [2.45, 2.75) is 39.2 Å². The van der Waals surface area contributed by atoms with Crippen LogP contribution in [0, 0.1) is 11.8 Å². The second-order valence-electron chi connectivity index (χ2n) is 3.46. The first-order valence-electron chi connectivity index (χ1n) is 3.88. The zero-order chi connectivity index (χ0) is 6.85. The lowest BCUT2D eigenvalue weighted by Crippen LogP contribution is -2.25. The lowest BCUT2D eigenvalue weighted by atomic mass is 9.81. The number of aliphatic hydroxyl groups excluding tert-OH is 1. The van der Waals surface area contributed by atoms with E-state index >= 15 is 0 Å². The minimum Gasteiger partial charge on any atom is -0.393 e. The molecule has 1 aliphatic carbocycles. The van der Waals surface area contributed by atoms with Gasteiger partial charge in [-0.1, -0.05) is 13.8 Å². The molecule has 9 heavy (non-hydrogen) atoms. The third-order valence-corrected chi connectivity index (χ3v) is 2.39. The third kappa shape index (κ3) is 1.68. The Labute approximate surface area is 57.1 Å². The predicted octanol–water partition coefficient (Wildman–Crippen LogP) is 1.80. The van der Waals surface area contributed by atoms with Gasteiger partial charge in [-0.3, -0.25) is 0 Å². The molecule has 1 N–H and O–H groups in total. The monoisotopic (exact) mass is 128 g/mol. The summed E-state index contributed by atoms with van der Waals surface area (Å²) >= 11 is 0. The van der Waals surface area contributed by atoms with E-state index in [1.54, 1.807) is 0 Å². The number of aliphatic hydroxyl groups is 1. The summed E-state index contributed by atoms with van der Waals surface area (Å²) < 4.78 is 0. The SMILES string of the molecule is CC1CC[C@H](O)[C@@H](C)C1. The van der Waals surface area contributed by atoms with E-state index in [1.165, 1.54) is 12.8 Å². The summed E-state index contributed by atoms with van der Waals surface area (Å²) in [4.78, 5) is 0. The fourth-order valence-electron chi connectivity index (χ4n) is 1.65. The lowest BCUT2D eigenvalue weighted by molar-refractivity contribution is 0.0611. The van der Waals surface area contributed by atoms with Crippen LogP contribution in [0.4, 0.5) is 0 Å². The molecule has 1 saturated carbocycles. The van der Waals surface area contributed by atoms with Crippen LogP contribution in [0.25, 0.3) is 0 Å². The van der Waals surface area contributed by atoms with Crippen LogP contribution >= 0.6 is 0 Å². The van der Waals surface area contributed by atoms with Crippen LogP contribution in [0.3, 0.4) is 0 Å². The molecule has 1 heteroatoms. The second kappa shape index (κ2) is 2.70. The van der Waals surface area contributed by atoms with Crippen LogP contribution in [0.1, 0.15) is 33.1 Å². The third-order valence-electron chi connectivity index (χ3n) is 2.39. The van der Waals surface area contributed by atoms with Gasteiger partial charge in [0, 0.05) is 0 Å². The van der Waals surface area contributed by atoms with Gasteiger partial charge in [-0.25, -0.2) is 0 Å². The van der Waals surface area contributed by atoms with Crippen molar-refractivity contribution in [3.8, 4) is 0 Å². The maximum absolute atomic E-state index is 9.30. The molecule has 0 bridgehead atoms. The van der Waals surface area contributed by atoms with Crippen LogP contribution in [-0.2, 0) is 0 Å². The van der Waals surface area contributed by atoms with Gasteiger partial charge in [0.15, 0.2) is 0 Å². The van der Waals surface area contributed by atoms with Crippen molar-refractivity contribution in [3.63, 3.8) is 0 Å². The summed E-state index contributed by atoms with van der Waals surface area (Å²) in [5.41, 5.74) is 0. The molecule has 1 rings (SSSR count). The molecule has 0 heterocycles. The van der Waals surface area contributed by atoms with Gasteiger partial charge in [-0.2, -0.15) is 0 Å². The Morgan fingerprint density at radius 2 is 1.89 bits per heavy atom. The van der Waals surface area contributed by atoms with Gasteiger partial charge in [0.05, 0.1) is 6.10 Å². The van der Waals surface area contributed by atoms with Crippen molar-refractivity contribution in [2.24, 2.45) is 11.8 Å². The van der Waals surface area contributed by atoms with Crippen molar-refractivity contribution in [1.82, 2.24) is 0 Å². The normalized spacial score (nSPS) is 45.0. The Balaban J connectivity index is 2.35. The molecular weight excluding hydrogens is 112 g/mol. The Kier molecular flexibility index (Phi) is 2.12. The second-order valence-corrected chi connectivity index (χ2v) is 3.46. The predicted molar refractivity (Wildman–Crippen MR) is 38.2 cm³/mol. The minimum atomic E-state index is -0.0128. The zero-order valence-corrected chi connectivity index (χ0v) is 6.30. The molecule has 0 amide bonds. The quantitative estimate of drug-likeness (QED) is 0.527. The Hall–Kier alpha value is -0.0400. The minimum absolute atomic E-state index is 0.0128. The molecule has 1 aliphatic rings. The van der Waals surface area contributed by atoms with Crippen LogP contribution in [0.2, 0.25) is 0 Å². The summed E-state index contributed by atoms with van der Waals surface area (Å²) in [7, 11) is 0. The van der Waals surface area contributed by atoms with Crippen molar-refractivity contribution >= 4 is 0 Å². The molecule has 0 aromatic rings. The molecule has 0 aliphatic heterocycles. The number of hydrogen-bond donors (Lipinski definition) is 1. The lowest BCUT2D eigenvalue weighted by Gasteiger charge is -2.28. The summed E-state index contributed by atoms with van der Waals surface area (Å²) in [6.07, 6.45) is 3.43. The molecule has 0 radical (unpaired) electrons. The molecule has 1 fully saturated rings. The van der Waals surface area contributed by atoms with E-state index in [0.29, 0.717) is 5.92 Å². The van der Waals surface area contributed by atoms with Gasteiger partial charge in [0.1, 0.15) is 0 Å². The van der Waals surface area contributed by atoms with E-state index in [0.717, 1.165) is 12.3 Å². The van der Waals surface area contributed by atoms with Gasteiger partial charge in [0.25, 0.3) is 0 Å². The zero-order valence-electron chi connectivity index (χ0n) is 6.30. The van der Waals surface area contributed by atoms with Gasteiger partial charge in [0.2, 0.25) is 0 Å². The highest BCUT2D eigenvalue weighted by atomic mass is 16.3. The maximum atomic E-state index is 9.30. The van der Waals surface area contributed by atoms with E-state index in [2.05, 4.69) is 13.8 Å².